The Bertz CT molecular complexity index is 1820. The lowest BCUT2D eigenvalue weighted by atomic mass is 9.87. The fourth-order valence-corrected chi connectivity index (χ4v) is 5.23. The van der Waals surface area contributed by atoms with E-state index in [-0.39, 0.29) is 30.2 Å². The second kappa shape index (κ2) is 15.5. The molecule has 0 aromatic heterocycles. The van der Waals surface area contributed by atoms with Crippen LogP contribution in [0.25, 0.3) is 0 Å². The van der Waals surface area contributed by atoms with Crippen LogP contribution in [0.3, 0.4) is 0 Å². The number of aliphatic carboxylic acids is 1. The maximum Gasteiger partial charge on any atom is 0.317 e. The Hall–Kier alpha value is -5.72. The number of nitrogen functional groups attached to an aromatic ring is 1. The Balaban J connectivity index is 0.000000178. The van der Waals surface area contributed by atoms with E-state index in [1.54, 1.807) is 12.1 Å². The van der Waals surface area contributed by atoms with E-state index in [9.17, 15) is 19.2 Å². The molecule has 47 heavy (non-hydrogen) atoms. The number of terminal acetylenes is 2. The summed E-state index contributed by atoms with van der Waals surface area (Å²) < 4.78 is 0. The normalized spacial score (nSPS) is 14.3. The highest BCUT2D eigenvalue weighted by Gasteiger charge is 2.56. The van der Waals surface area contributed by atoms with Crippen molar-refractivity contribution < 1.29 is 24.3 Å². The van der Waals surface area contributed by atoms with Gasteiger partial charge in [-0.2, -0.15) is 0 Å². The molecule has 6 nitrogen and oxygen atoms in total. The number of carboxylic acid groups (broad SMARTS) is 1. The first kappa shape index (κ1) is 34.2. The van der Waals surface area contributed by atoms with E-state index in [1.165, 1.54) is 0 Å². The van der Waals surface area contributed by atoms with Crippen molar-refractivity contribution in [2.75, 3.05) is 5.73 Å². The van der Waals surface area contributed by atoms with Crippen LogP contribution in [0.2, 0.25) is 0 Å². The van der Waals surface area contributed by atoms with Crippen molar-refractivity contribution in [3.05, 3.63) is 137 Å². The molecular weight excluding hydrogens is 586 g/mol. The molecule has 0 amide bonds. The highest BCUT2D eigenvalue weighted by molar-refractivity contribution is 6.11. The van der Waals surface area contributed by atoms with Gasteiger partial charge in [0, 0.05) is 36.1 Å². The van der Waals surface area contributed by atoms with Gasteiger partial charge in [-0.25, -0.2) is 0 Å². The third-order valence-electron chi connectivity index (χ3n) is 8.44. The lowest BCUT2D eigenvalue weighted by Gasteiger charge is -2.13. The molecule has 4 aromatic rings. The molecule has 2 aliphatic carbocycles. The number of hydrogen-bond acceptors (Lipinski definition) is 5. The van der Waals surface area contributed by atoms with Gasteiger partial charge in [0.1, 0.15) is 5.41 Å². The first-order valence-corrected chi connectivity index (χ1v) is 15.4. The topological polar surface area (TPSA) is 115 Å². The van der Waals surface area contributed by atoms with Crippen LogP contribution in [0.15, 0.2) is 109 Å². The van der Waals surface area contributed by atoms with E-state index in [0.29, 0.717) is 37.8 Å². The Labute approximate surface area is 276 Å². The lowest BCUT2D eigenvalue weighted by Crippen LogP contribution is -2.28. The van der Waals surface area contributed by atoms with Gasteiger partial charge in [-0.05, 0) is 72.7 Å². The van der Waals surface area contributed by atoms with E-state index in [0.717, 1.165) is 27.8 Å². The molecule has 0 bridgehead atoms. The first-order chi connectivity index (χ1) is 22.6. The molecule has 4 aromatic carbocycles. The van der Waals surface area contributed by atoms with Gasteiger partial charge in [0.2, 0.25) is 0 Å². The molecule has 2 aliphatic rings. The minimum absolute atomic E-state index is 0.0209. The summed E-state index contributed by atoms with van der Waals surface area (Å²) in [5.41, 5.74) is 8.65. The third kappa shape index (κ3) is 9.16. The summed E-state index contributed by atoms with van der Waals surface area (Å²) >= 11 is 0. The van der Waals surface area contributed by atoms with Gasteiger partial charge in [-0.1, -0.05) is 90.7 Å². The van der Waals surface area contributed by atoms with Crippen LogP contribution < -0.4 is 5.73 Å². The molecule has 6 rings (SSSR count). The van der Waals surface area contributed by atoms with Gasteiger partial charge in [0.15, 0.2) is 17.3 Å². The number of hydrogen-bond donors (Lipinski definition) is 2. The largest absolute Gasteiger partial charge is 0.480 e. The Kier molecular flexibility index (Phi) is 11.3. The number of rotatable bonds is 10. The molecule has 0 spiro atoms. The number of carbonyl (C=O) groups is 4. The number of benzene rings is 4. The Morgan fingerprint density at radius 1 is 0.574 bits per heavy atom. The van der Waals surface area contributed by atoms with E-state index in [2.05, 4.69) is 11.8 Å². The van der Waals surface area contributed by atoms with Crippen LogP contribution in [0.1, 0.15) is 53.5 Å². The summed E-state index contributed by atoms with van der Waals surface area (Å²) in [7, 11) is 0. The molecule has 2 fully saturated rings. The molecule has 2 saturated carbocycles. The summed E-state index contributed by atoms with van der Waals surface area (Å²) in [5.74, 6) is 3.99. The van der Waals surface area contributed by atoms with Crippen LogP contribution in [-0.2, 0) is 38.4 Å². The number of carboxylic acids is 1. The van der Waals surface area contributed by atoms with Gasteiger partial charge in [0.05, 0.1) is 5.41 Å². The van der Waals surface area contributed by atoms with E-state index >= 15 is 0 Å². The Morgan fingerprint density at radius 3 is 1.38 bits per heavy atom. The predicted octanol–water partition coefficient (Wildman–Crippen LogP) is 6.28. The maximum atomic E-state index is 12.7. The van der Waals surface area contributed by atoms with Crippen molar-refractivity contribution >= 4 is 29.0 Å². The molecule has 6 heteroatoms. The van der Waals surface area contributed by atoms with Crippen LogP contribution in [0.4, 0.5) is 5.69 Å². The van der Waals surface area contributed by atoms with E-state index in [1.807, 2.05) is 97.1 Å². The average molecular weight is 624 g/mol. The summed E-state index contributed by atoms with van der Waals surface area (Å²) in [6.07, 6.45) is 13.7. The summed E-state index contributed by atoms with van der Waals surface area (Å²) in [5, 5.41) is 8.93. The molecular formula is C41H37NO5. The van der Waals surface area contributed by atoms with Crippen LogP contribution in [-0.4, -0.2) is 28.4 Å². The second-order valence-electron chi connectivity index (χ2n) is 11.9. The predicted molar refractivity (Wildman–Crippen MR) is 183 cm³/mol. The third-order valence-corrected chi connectivity index (χ3v) is 8.44. The zero-order valence-electron chi connectivity index (χ0n) is 26.2. The fourth-order valence-electron chi connectivity index (χ4n) is 5.23. The molecule has 0 unspecified atom stereocenters. The standard InChI is InChI=1S/C21H18O2.C12H12O3.C8H7N/c1-2-16-9-6-10-18(13-16)15-20(23)21(11-12-21)19(22)14-17-7-4-3-5-8-17;13-10(12(6-7-12)11(14)15)8-9-4-2-1-3-5-9;1-2-7-4-3-5-8(9)6-7/h1,3-10,13H,11-12,14-15H2;1-5H,6-8H2,(H,14,15);1,3-6H,9H2. The quantitative estimate of drug-likeness (QED) is 0.122. The first-order valence-electron chi connectivity index (χ1n) is 15.4. The van der Waals surface area contributed by atoms with E-state index < -0.39 is 16.8 Å². The summed E-state index contributed by atoms with van der Waals surface area (Å²) in [6, 6.07) is 33.5. The van der Waals surface area contributed by atoms with Crippen molar-refractivity contribution in [3.8, 4) is 24.7 Å². The maximum absolute atomic E-state index is 12.7. The van der Waals surface area contributed by atoms with Gasteiger partial charge < -0.3 is 10.8 Å². The van der Waals surface area contributed by atoms with Crippen LogP contribution in [0.5, 0.6) is 0 Å². The fraction of sp³-hybridized carbons (Fsp3) is 0.220. The molecule has 3 N–H and O–H groups in total. The van der Waals surface area contributed by atoms with Gasteiger partial charge in [0.25, 0.3) is 0 Å². The van der Waals surface area contributed by atoms with Gasteiger partial charge in [-0.3, -0.25) is 19.2 Å². The zero-order valence-corrected chi connectivity index (χ0v) is 26.2. The number of Topliss-reactive ketones (excluding diaryl/α,β-unsaturated/α-hetero) is 3. The van der Waals surface area contributed by atoms with Crippen molar-refractivity contribution in [3.63, 3.8) is 0 Å². The summed E-state index contributed by atoms with van der Waals surface area (Å²) in [6.45, 7) is 0. The second-order valence-corrected chi connectivity index (χ2v) is 11.9. The zero-order chi connectivity index (χ0) is 33.9. The van der Waals surface area contributed by atoms with E-state index in [4.69, 9.17) is 23.7 Å². The molecule has 236 valence electrons. The van der Waals surface area contributed by atoms with Crippen molar-refractivity contribution in [2.24, 2.45) is 10.8 Å². The van der Waals surface area contributed by atoms with Crippen molar-refractivity contribution in [2.45, 2.75) is 44.9 Å². The lowest BCUT2D eigenvalue weighted by molar-refractivity contribution is -0.148. The number of carbonyl (C=O) groups excluding carboxylic acids is 3. The van der Waals surface area contributed by atoms with Crippen molar-refractivity contribution in [1.29, 1.82) is 0 Å². The summed E-state index contributed by atoms with van der Waals surface area (Å²) in [4.78, 5) is 47.9. The van der Waals surface area contributed by atoms with Gasteiger partial charge in [-0.15, -0.1) is 12.8 Å². The highest BCUT2D eigenvalue weighted by Crippen LogP contribution is 2.49. The van der Waals surface area contributed by atoms with Crippen LogP contribution >= 0.6 is 0 Å². The SMILES string of the molecule is C#Cc1cccc(CC(=O)C2(C(=O)Cc3ccccc3)CC2)c1.C#Cc1cccc(N)c1.O=C(O)C1(C(=O)Cc2ccccc2)CC1. The van der Waals surface area contributed by atoms with Gasteiger partial charge >= 0.3 is 5.97 Å². The molecule has 0 saturated heterocycles. The monoisotopic (exact) mass is 623 g/mol. The number of anilines is 1. The number of ketones is 3. The minimum Gasteiger partial charge on any atom is -0.480 e. The minimum atomic E-state index is -1.06. The highest BCUT2D eigenvalue weighted by atomic mass is 16.4. The molecule has 0 aliphatic heterocycles. The average Bonchev–Trinajstić information content (AvgIpc) is 4.01. The number of nitrogens with two attached hydrogens (primary N) is 1. The van der Waals surface area contributed by atoms with Crippen molar-refractivity contribution in [1.82, 2.24) is 0 Å². The molecule has 0 radical (unpaired) electrons. The Morgan fingerprint density at radius 2 is 0.979 bits per heavy atom. The van der Waals surface area contributed by atoms with Crippen LogP contribution in [0, 0.1) is 35.5 Å². The molecule has 0 heterocycles. The molecule has 0 atom stereocenters. The smallest absolute Gasteiger partial charge is 0.317 e.